The van der Waals surface area contributed by atoms with Crippen molar-refractivity contribution in [3.05, 3.63) is 54.0 Å². The molecular formula is C32H40N6O5. The Balaban J connectivity index is 1.22. The number of allylic oxidation sites excluding steroid dienone is 1. The molecule has 1 spiro atoms. The van der Waals surface area contributed by atoms with E-state index in [0.29, 0.717) is 57.4 Å². The van der Waals surface area contributed by atoms with Crippen molar-refractivity contribution in [2.75, 3.05) is 58.9 Å². The number of piperidine rings is 1. The molecule has 0 radical (unpaired) electrons. The van der Waals surface area contributed by atoms with Crippen molar-refractivity contribution < 1.29 is 23.7 Å². The number of likely N-dealkylation sites (tertiary alicyclic amines) is 1. The molecule has 228 valence electrons. The molecule has 0 aliphatic carbocycles. The normalized spacial score (nSPS) is 16.4. The molecule has 0 saturated carbocycles. The number of methoxy groups -OCH3 is 1. The molecule has 3 heterocycles. The fourth-order valence-electron chi connectivity index (χ4n) is 5.40. The summed E-state index contributed by atoms with van der Waals surface area (Å²) in [7, 11) is 3.26. The van der Waals surface area contributed by atoms with E-state index in [9.17, 15) is 4.79 Å². The van der Waals surface area contributed by atoms with Crippen LogP contribution in [0.2, 0.25) is 0 Å². The van der Waals surface area contributed by atoms with E-state index in [1.165, 1.54) is 25.2 Å². The SMILES string of the molecule is CN/C(=C\C(C)=N)C(=O)Nc1ccc(Oc2ncnc3cc(OCCCN4CCC5(CC4)COC5)c(OC)cc23)cc1C. The van der Waals surface area contributed by atoms with Gasteiger partial charge in [-0.2, -0.15) is 0 Å². The minimum atomic E-state index is -0.332. The molecule has 1 amide bonds. The molecule has 43 heavy (non-hydrogen) atoms. The molecule has 2 aliphatic rings. The number of nitrogens with zero attached hydrogens (tertiary/aromatic N) is 3. The Kier molecular flexibility index (Phi) is 9.42. The summed E-state index contributed by atoms with van der Waals surface area (Å²) < 4.78 is 23.4. The molecule has 1 aromatic heterocycles. The molecule has 0 atom stereocenters. The van der Waals surface area contributed by atoms with Crippen LogP contribution in [0.5, 0.6) is 23.1 Å². The van der Waals surface area contributed by atoms with Gasteiger partial charge in [0, 0.05) is 36.5 Å². The Hall–Kier alpha value is -4.22. The van der Waals surface area contributed by atoms with E-state index >= 15 is 0 Å². The van der Waals surface area contributed by atoms with Crippen LogP contribution in [-0.4, -0.2) is 80.1 Å². The van der Waals surface area contributed by atoms with Crippen LogP contribution in [0.1, 0.15) is 31.7 Å². The smallest absolute Gasteiger partial charge is 0.271 e. The number of amides is 1. The number of fused-ring (bicyclic) bond motifs is 1. The van der Waals surface area contributed by atoms with Gasteiger partial charge < -0.3 is 39.9 Å². The summed E-state index contributed by atoms with van der Waals surface area (Å²) in [4.78, 5) is 23.9. The number of nitrogens with one attached hydrogen (secondary N) is 3. The number of carbonyl (C=O) groups is 1. The van der Waals surface area contributed by atoms with Gasteiger partial charge in [0.25, 0.3) is 5.91 Å². The zero-order valence-corrected chi connectivity index (χ0v) is 25.3. The second kappa shape index (κ2) is 13.4. The van der Waals surface area contributed by atoms with Gasteiger partial charge in [-0.25, -0.2) is 9.97 Å². The van der Waals surface area contributed by atoms with Crippen LogP contribution < -0.4 is 24.8 Å². The van der Waals surface area contributed by atoms with E-state index in [-0.39, 0.29) is 11.6 Å². The molecule has 0 unspecified atom stereocenters. The van der Waals surface area contributed by atoms with Crippen LogP contribution in [0.4, 0.5) is 5.69 Å². The standard InChI is InChI=1S/C32H40N6O5/c1-21-14-23(6-7-25(21)37-30(39)27(34-3)15-22(2)33)43-31-24-16-28(40-4)29(17-26(24)35-20-36-31)42-13-5-10-38-11-8-32(9-12-38)18-41-19-32/h6-7,14-17,20,33-34H,5,8-13,18-19H2,1-4H3,(H,37,39)/b27-15-,33-22?. The first kappa shape index (κ1) is 30.2. The first-order valence-corrected chi connectivity index (χ1v) is 14.6. The van der Waals surface area contributed by atoms with Gasteiger partial charge >= 0.3 is 0 Å². The molecule has 2 aliphatic heterocycles. The quantitative estimate of drug-likeness (QED) is 0.157. The number of likely N-dealkylation sites (N-methyl/N-ethyl adjacent to an activating group) is 1. The van der Waals surface area contributed by atoms with Crippen molar-refractivity contribution in [3.63, 3.8) is 0 Å². The molecule has 2 saturated heterocycles. The van der Waals surface area contributed by atoms with Crippen molar-refractivity contribution in [2.24, 2.45) is 5.41 Å². The lowest BCUT2D eigenvalue weighted by Crippen LogP contribution is -2.51. The zero-order valence-electron chi connectivity index (χ0n) is 25.3. The van der Waals surface area contributed by atoms with E-state index in [4.69, 9.17) is 24.4 Å². The molecule has 3 N–H and O–H groups in total. The van der Waals surface area contributed by atoms with Crippen molar-refractivity contribution >= 4 is 28.2 Å². The van der Waals surface area contributed by atoms with Crippen molar-refractivity contribution in [1.29, 1.82) is 5.41 Å². The van der Waals surface area contributed by atoms with E-state index < -0.39 is 0 Å². The second-order valence-corrected chi connectivity index (χ2v) is 11.3. The van der Waals surface area contributed by atoms with Crippen LogP contribution in [-0.2, 0) is 9.53 Å². The first-order valence-electron chi connectivity index (χ1n) is 14.6. The largest absolute Gasteiger partial charge is 0.493 e. The summed E-state index contributed by atoms with van der Waals surface area (Å²) in [6, 6.07) is 9.05. The molecule has 3 aromatic rings. The summed E-state index contributed by atoms with van der Waals surface area (Å²) in [6.07, 6.45) is 6.30. The fourth-order valence-corrected chi connectivity index (χ4v) is 5.40. The van der Waals surface area contributed by atoms with E-state index in [2.05, 4.69) is 25.5 Å². The molecule has 11 heteroatoms. The maximum Gasteiger partial charge on any atom is 0.271 e. The lowest BCUT2D eigenvalue weighted by atomic mass is 9.77. The molecular weight excluding hydrogens is 548 g/mol. The predicted molar refractivity (Wildman–Crippen MR) is 166 cm³/mol. The summed E-state index contributed by atoms with van der Waals surface area (Å²) in [5.41, 5.74) is 3.15. The lowest BCUT2D eigenvalue weighted by Gasteiger charge is -2.47. The number of hydrogen-bond acceptors (Lipinski definition) is 10. The van der Waals surface area contributed by atoms with Gasteiger partial charge in [0.05, 0.1) is 37.8 Å². The number of benzene rings is 2. The Bertz CT molecular complexity index is 1510. The van der Waals surface area contributed by atoms with Gasteiger partial charge in [-0.05, 0) is 82.1 Å². The van der Waals surface area contributed by atoms with Gasteiger partial charge in [0.15, 0.2) is 11.5 Å². The van der Waals surface area contributed by atoms with Crippen LogP contribution in [0.25, 0.3) is 10.9 Å². The summed E-state index contributed by atoms with van der Waals surface area (Å²) in [5.74, 6) is 1.82. The third-order valence-corrected chi connectivity index (χ3v) is 8.03. The first-order chi connectivity index (χ1) is 20.8. The Morgan fingerprint density at radius 2 is 1.95 bits per heavy atom. The maximum atomic E-state index is 12.6. The van der Waals surface area contributed by atoms with Crippen LogP contribution in [0, 0.1) is 17.7 Å². The number of aryl methyl sites for hydroxylation is 1. The molecule has 11 nitrogen and oxygen atoms in total. The fraction of sp³-hybridized carbons (Fsp3) is 0.438. The van der Waals surface area contributed by atoms with Gasteiger partial charge in [-0.3, -0.25) is 4.79 Å². The number of hydrogen-bond donors (Lipinski definition) is 3. The number of aromatic nitrogens is 2. The monoisotopic (exact) mass is 588 g/mol. The number of anilines is 1. The van der Waals surface area contributed by atoms with Crippen molar-refractivity contribution in [2.45, 2.75) is 33.1 Å². The van der Waals surface area contributed by atoms with Crippen molar-refractivity contribution in [1.82, 2.24) is 20.2 Å². The highest BCUT2D eigenvalue weighted by Gasteiger charge is 2.40. The van der Waals surface area contributed by atoms with Gasteiger partial charge in [-0.1, -0.05) is 0 Å². The average Bonchev–Trinajstić information content (AvgIpc) is 2.98. The minimum absolute atomic E-state index is 0.276. The maximum absolute atomic E-state index is 12.6. The van der Waals surface area contributed by atoms with Crippen LogP contribution >= 0.6 is 0 Å². The minimum Gasteiger partial charge on any atom is -0.493 e. The average molecular weight is 589 g/mol. The summed E-state index contributed by atoms with van der Waals surface area (Å²) >= 11 is 0. The highest BCUT2D eigenvalue weighted by atomic mass is 16.5. The van der Waals surface area contributed by atoms with E-state index in [1.54, 1.807) is 33.2 Å². The summed E-state index contributed by atoms with van der Waals surface area (Å²) in [6.45, 7) is 9.18. The Morgan fingerprint density at radius 3 is 2.60 bits per heavy atom. The van der Waals surface area contributed by atoms with Crippen LogP contribution in [0.3, 0.4) is 0 Å². The third-order valence-electron chi connectivity index (χ3n) is 8.03. The number of carbonyl (C=O) groups excluding carboxylic acids is 1. The third kappa shape index (κ3) is 7.23. The second-order valence-electron chi connectivity index (χ2n) is 11.3. The molecule has 2 aromatic carbocycles. The number of ether oxygens (including phenoxy) is 4. The molecule has 5 rings (SSSR count). The Morgan fingerprint density at radius 1 is 1.16 bits per heavy atom. The topological polar surface area (TPSA) is 131 Å². The van der Waals surface area contributed by atoms with Gasteiger partial charge in [0.2, 0.25) is 5.88 Å². The van der Waals surface area contributed by atoms with Crippen molar-refractivity contribution in [3.8, 4) is 23.1 Å². The van der Waals surface area contributed by atoms with E-state index in [1.807, 2.05) is 25.1 Å². The van der Waals surface area contributed by atoms with Crippen LogP contribution in [0.15, 0.2) is 48.4 Å². The summed E-state index contributed by atoms with van der Waals surface area (Å²) in [5, 5.41) is 14.0. The Labute approximate surface area is 252 Å². The van der Waals surface area contributed by atoms with E-state index in [0.717, 1.165) is 44.8 Å². The molecule has 0 bridgehead atoms. The van der Waals surface area contributed by atoms with Gasteiger partial charge in [0.1, 0.15) is 17.8 Å². The lowest BCUT2D eigenvalue weighted by molar-refractivity contribution is -0.139. The number of rotatable bonds is 12. The highest BCUT2D eigenvalue weighted by Crippen LogP contribution is 2.39. The predicted octanol–water partition coefficient (Wildman–Crippen LogP) is 4.70. The zero-order chi connectivity index (χ0) is 30.4. The molecule has 2 fully saturated rings. The van der Waals surface area contributed by atoms with Gasteiger partial charge in [-0.15, -0.1) is 0 Å². The highest BCUT2D eigenvalue weighted by molar-refractivity contribution is 6.08.